The van der Waals surface area contributed by atoms with Crippen LogP contribution in [0.25, 0.3) is 0 Å². The average molecular weight is 528 g/mol. The molecular weight excluding hydrogens is 502 g/mol. The largest absolute Gasteiger partial charge is 0.496 e. The Morgan fingerprint density at radius 2 is 1.71 bits per heavy atom. The number of rotatable bonds is 8. The van der Waals surface area contributed by atoms with Gasteiger partial charge in [0.1, 0.15) is 10.8 Å². The van der Waals surface area contributed by atoms with E-state index in [2.05, 4.69) is 20.8 Å². The SMILES string of the molecule is COc1ccccc1Cc1nnc(NC(=O)c2ccc(NC(=O)C3CC(=O)N(c4ccccc4)C3)cc2)s1. The molecule has 5 rings (SSSR count). The van der Waals surface area contributed by atoms with Gasteiger partial charge in [-0.1, -0.05) is 47.7 Å². The van der Waals surface area contributed by atoms with Crippen LogP contribution in [0, 0.1) is 5.92 Å². The van der Waals surface area contributed by atoms with Crippen molar-refractivity contribution in [2.24, 2.45) is 5.92 Å². The van der Waals surface area contributed by atoms with Crippen molar-refractivity contribution in [1.82, 2.24) is 10.2 Å². The molecule has 0 aliphatic carbocycles. The molecule has 1 aliphatic rings. The smallest absolute Gasteiger partial charge is 0.257 e. The van der Waals surface area contributed by atoms with Crippen LogP contribution >= 0.6 is 11.3 Å². The van der Waals surface area contributed by atoms with Gasteiger partial charge in [0.25, 0.3) is 5.91 Å². The molecule has 1 fully saturated rings. The van der Waals surface area contributed by atoms with Crippen molar-refractivity contribution >= 4 is 45.6 Å². The predicted molar refractivity (Wildman–Crippen MR) is 146 cm³/mol. The maximum absolute atomic E-state index is 12.8. The number of hydrogen-bond donors (Lipinski definition) is 2. The minimum absolute atomic E-state index is 0.0777. The zero-order valence-electron chi connectivity index (χ0n) is 20.6. The summed E-state index contributed by atoms with van der Waals surface area (Å²) >= 11 is 1.30. The molecule has 0 bridgehead atoms. The molecule has 3 amide bonds. The molecule has 0 spiro atoms. The Morgan fingerprint density at radius 3 is 2.47 bits per heavy atom. The van der Waals surface area contributed by atoms with E-state index in [0.29, 0.717) is 29.3 Å². The van der Waals surface area contributed by atoms with Gasteiger partial charge in [0.2, 0.25) is 16.9 Å². The number of ether oxygens (including phenoxy) is 1. The minimum atomic E-state index is -0.451. The summed E-state index contributed by atoms with van der Waals surface area (Å²) in [4.78, 5) is 39.5. The average Bonchev–Trinajstić information content (AvgIpc) is 3.55. The number of para-hydroxylation sites is 2. The van der Waals surface area contributed by atoms with Gasteiger partial charge in [-0.2, -0.15) is 0 Å². The van der Waals surface area contributed by atoms with E-state index in [1.54, 1.807) is 36.3 Å². The highest BCUT2D eigenvalue weighted by molar-refractivity contribution is 7.15. The van der Waals surface area contributed by atoms with Gasteiger partial charge in [-0.25, -0.2) is 0 Å². The van der Waals surface area contributed by atoms with Crippen molar-refractivity contribution in [3.8, 4) is 5.75 Å². The van der Waals surface area contributed by atoms with Crippen molar-refractivity contribution in [3.05, 3.63) is 95.0 Å². The van der Waals surface area contributed by atoms with Gasteiger partial charge in [0.15, 0.2) is 0 Å². The van der Waals surface area contributed by atoms with E-state index < -0.39 is 5.92 Å². The highest BCUT2D eigenvalue weighted by atomic mass is 32.1. The molecule has 1 saturated heterocycles. The number of nitrogens with one attached hydrogen (secondary N) is 2. The molecule has 10 heteroatoms. The second-order valence-corrected chi connectivity index (χ2v) is 9.81. The Bertz CT molecular complexity index is 1460. The molecule has 9 nitrogen and oxygen atoms in total. The van der Waals surface area contributed by atoms with Gasteiger partial charge in [0, 0.05) is 41.9 Å². The first-order valence-corrected chi connectivity index (χ1v) is 12.8. The Morgan fingerprint density at radius 1 is 0.974 bits per heavy atom. The summed E-state index contributed by atoms with van der Waals surface area (Å²) < 4.78 is 5.38. The van der Waals surface area contributed by atoms with Crippen LogP contribution in [0.3, 0.4) is 0 Å². The van der Waals surface area contributed by atoms with Crippen LogP contribution in [0.5, 0.6) is 5.75 Å². The molecule has 38 heavy (non-hydrogen) atoms. The molecule has 192 valence electrons. The molecule has 1 unspecified atom stereocenters. The number of hydrogen-bond acceptors (Lipinski definition) is 7. The summed E-state index contributed by atoms with van der Waals surface area (Å²) in [5.74, 6) is -0.319. The minimum Gasteiger partial charge on any atom is -0.496 e. The monoisotopic (exact) mass is 527 g/mol. The molecular formula is C28H25N5O4S. The Labute approximate surface area is 223 Å². The molecule has 3 aromatic carbocycles. The highest BCUT2D eigenvalue weighted by Crippen LogP contribution is 2.27. The zero-order chi connectivity index (χ0) is 26.5. The Hall–Kier alpha value is -4.57. The molecule has 1 aromatic heterocycles. The second kappa shape index (κ2) is 11.2. The molecule has 1 atom stereocenters. The van der Waals surface area contributed by atoms with Gasteiger partial charge >= 0.3 is 0 Å². The van der Waals surface area contributed by atoms with E-state index in [1.165, 1.54) is 11.3 Å². The van der Waals surface area contributed by atoms with Crippen molar-refractivity contribution in [3.63, 3.8) is 0 Å². The van der Waals surface area contributed by atoms with E-state index in [0.717, 1.165) is 22.0 Å². The number of carbonyl (C=O) groups is 3. The van der Waals surface area contributed by atoms with E-state index in [4.69, 9.17) is 4.74 Å². The van der Waals surface area contributed by atoms with E-state index in [1.807, 2.05) is 54.6 Å². The fourth-order valence-corrected chi connectivity index (χ4v) is 5.00. The predicted octanol–water partition coefficient (Wildman–Crippen LogP) is 4.38. The van der Waals surface area contributed by atoms with Crippen LogP contribution < -0.4 is 20.3 Å². The number of aromatic nitrogens is 2. The third kappa shape index (κ3) is 5.70. The normalized spacial score (nSPS) is 14.8. The summed E-state index contributed by atoms with van der Waals surface area (Å²) in [6, 6.07) is 23.6. The first kappa shape index (κ1) is 25.1. The number of methoxy groups -OCH3 is 1. The van der Waals surface area contributed by atoms with E-state index in [9.17, 15) is 14.4 Å². The van der Waals surface area contributed by atoms with Crippen LogP contribution in [-0.2, 0) is 16.0 Å². The van der Waals surface area contributed by atoms with Crippen LogP contribution in [-0.4, -0.2) is 41.6 Å². The third-order valence-electron chi connectivity index (χ3n) is 6.20. The van der Waals surface area contributed by atoms with Crippen LogP contribution in [0.4, 0.5) is 16.5 Å². The Balaban J connectivity index is 1.16. The fourth-order valence-electron chi connectivity index (χ4n) is 4.25. The third-order valence-corrected chi connectivity index (χ3v) is 7.04. The lowest BCUT2D eigenvalue weighted by Gasteiger charge is -2.16. The number of amides is 3. The van der Waals surface area contributed by atoms with Crippen LogP contribution in [0.2, 0.25) is 0 Å². The lowest BCUT2D eigenvalue weighted by Crippen LogP contribution is -2.28. The lowest BCUT2D eigenvalue weighted by atomic mass is 10.1. The molecule has 0 radical (unpaired) electrons. The van der Waals surface area contributed by atoms with Gasteiger partial charge < -0.3 is 15.0 Å². The maximum Gasteiger partial charge on any atom is 0.257 e. The second-order valence-electron chi connectivity index (χ2n) is 8.75. The zero-order valence-corrected chi connectivity index (χ0v) is 21.4. The van der Waals surface area contributed by atoms with Gasteiger partial charge in [-0.05, 0) is 42.5 Å². The van der Waals surface area contributed by atoms with Crippen molar-refractivity contribution < 1.29 is 19.1 Å². The first-order valence-electron chi connectivity index (χ1n) is 12.0. The number of benzene rings is 3. The molecule has 2 heterocycles. The Kier molecular flexibility index (Phi) is 7.41. The highest BCUT2D eigenvalue weighted by Gasteiger charge is 2.35. The molecule has 4 aromatic rings. The van der Waals surface area contributed by atoms with Crippen LogP contribution in [0.1, 0.15) is 27.3 Å². The number of anilines is 3. The van der Waals surface area contributed by atoms with Gasteiger partial charge in [-0.3, -0.25) is 19.7 Å². The van der Waals surface area contributed by atoms with E-state index >= 15 is 0 Å². The molecule has 0 saturated carbocycles. The molecule has 1 aliphatic heterocycles. The van der Waals surface area contributed by atoms with Crippen molar-refractivity contribution in [2.75, 3.05) is 29.2 Å². The fraction of sp³-hybridized carbons (Fsp3) is 0.179. The van der Waals surface area contributed by atoms with Crippen molar-refractivity contribution in [1.29, 1.82) is 0 Å². The molecule has 2 N–H and O–H groups in total. The number of carbonyl (C=O) groups excluding carboxylic acids is 3. The lowest BCUT2D eigenvalue weighted by molar-refractivity contribution is -0.122. The van der Waals surface area contributed by atoms with Gasteiger partial charge in [-0.15, -0.1) is 10.2 Å². The maximum atomic E-state index is 12.8. The summed E-state index contributed by atoms with van der Waals surface area (Å²) in [5, 5.41) is 15.0. The quantitative estimate of drug-likeness (QED) is 0.352. The summed E-state index contributed by atoms with van der Waals surface area (Å²) in [6.07, 6.45) is 0.698. The topological polar surface area (TPSA) is 114 Å². The summed E-state index contributed by atoms with van der Waals surface area (Å²) in [5.41, 5.74) is 2.73. The summed E-state index contributed by atoms with van der Waals surface area (Å²) in [7, 11) is 1.62. The van der Waals surface area contributed by atoms with Crippen LogP contribution in [0.15, 0.2) is 78.9 Å². The van der Waals surface area contributed by atoms with Gasteiger partial charge in [0.05, 0.1) is 13.0 Å². The summed E-state index contributed by atoms with van der Waals surface area (Å²) in [6.45, 7) is 0.329. The standard InChI is InChI=1S/C28H25N5O4S/c1-37-23-10-6-5-7-19(23)15-24-31-32-28(38-24)30-26(35)18-11-13-21(14-12-18)29-27(36)20-16-25(34)33(17-20)22-8-3-2-4-9-22/h2-14,20H,15-17H2,1H3,(H,29,36)(H,30,32,35). The van der Waals surface area contributed by atoms with E-state index in [-0.39, 0.29) is 24.1 Å². The van der Waals surface area contributed by atoms with Crippen molar-refractivity contribution in [2.45, 2.75) is 12.8 Å². The first-order chi connectivity index (χ1) is 18.5. The number of nitrogens with zero attached hydrogens (tertiary/aromatic N) is 3.